The molecule has 3 nitrogen and oxygen atoms in total. The maximum Gasteiger partial charge on any atom is 0.0741 e. The Kier molecular flexibility index (Phi) is 3.09. The number of hydrogen-bond acceptors (Lipinski definition) is 3. The molecule has 0 aromatic carbocycles. The Bertz CT molecular complexity index is 136. The Hall–Kier alpha value is -0.120. The minimum atomic E-state index is -0.650. The first-order chi connectivity index (χ1) is 5.50. The molecular formula is C9H19NO2. The van der Waals surface area contributed by atoms with Crippen molar-refractivity contribution in [3.63, 3.8) is 0 Å². The highest BCUT2D eigenvalue weighted by Gasteiger charge is 2.26. The van der Waals surface area contributed by atoms with E-state index in [1.54, 1.807) is 0 Å². The molecule has 3 heteroatoms. The summed E-state index contributed by atoms with van der Waals surface area (Å²) in [4.78, 5) is 0. The number of aliphatic hydroxyl groups is 1. The van der Waals surface area contributed by atoms with E-state index < -0.39 is 5.60 Å². The van der Waals surface area contributed by atoms with Crippen LogP contribution in [0.15, 0.2) is 0 Å². The molecular weight excluding hydrogens is 154 g/mol. The molecule has 2 N–H and O–H groups in total. The zero-order valence-electron chi connectivity index (χ0n) is 8.13. The van der Waals surface area contributed by atoms with Crippen LogP contribution in [0.5, 0.6) is 0 Å². The van der Waals surface area contributed by atoms with E-state index in [1.807, 2.05) is 20.8 Å². The van der Waals surface area contributed by atoms with Gasteiger partial charge in [0, 0.05) is 18.7 Å². The number of ether oxygens (including phenoxy) is 1. The zero-order valence-corrected chi connectivity index (χ0v) is 8.13. The van der Waals surface area contributed by atoms with Crippen LogP contribution in [-0.4, -0.2) is 36.0 Å². The van der Waals surface area contributed by atoms with Gasteiger partial charge in [-0.3, -0.25) is 0 Å². The van der Waals surface area contributed by atoms with E-state index in [0.29, 0.717) is 6.04 Å². The van der Waals surface area contributed by atoms with Crippen molar-refractivity contribution in [2.45, 2.75) is 44.9 Å². The number of rotatable bonds is 3. The van der Waals surface area contributed by atoms with Crippen LogP contribution >= 0.6 is 0 Å². The van der Waals surface area contributed by atoms with Gasteiger partial charge in [-0.2, -0.15) is 0 Å². The summed E-state index contributed by atoms with van der Waals surface area (Å²) in [5, 5.41) is 13.0. The van der Waals surface area contributed by atoms with Gasteiger partial charge in [-0.15, -0.1) is 0 Å². The molecule has 0 aromatic rings. The second-order valence-corrected chi connectivity index (χ2v) is 4.10. The largest absolute Gasteiger partial charge is 0.389 e. The van der Waals surface area contributed by atoms with Crippen LogP contribution in [0.2, 0.25) is 0 Å². The van der Waals surface area contributed by atoms with E-state index in [9.17, 15) is 5.11 Å². The lowest BCUT2D eigenvalue weighted by Crippen LogP contribution is -2.49. The second kappa shape index (κ2) is 3.73. The number of hydrogen-bond donors (Lipinski definition) is 2. The number of nitrogens with one attached hydrogen (secondary N) is 1. The summed E-state index contributed by atoms with van der Waals surface area (Å²) in [5.74, 6) is 0. The lowest BCUT2D eigenvalue weighted by Gasteiger charge is -2.29. The maximum atomic E-state index is 9.64. The summed E-state index contributed by atoms with van der Waals surface area (Å²) in [7, 11) is 0. The molecule has 1 fully saturated rings. The quantitative estimate of drug-likeness (QED) is 0.654. The van der Waals surface area contributed by atoms with E-state index >= 15 is 0 Å². The molecule has 0 radical (unpaired) electrons. The minimum Gasteiger partial charge on any atom is -0.389 e. The molecule has 0 saturated carbocycles. The van der Waals surface area contributed by atoms with Crippen molar-refractivity contribution < 1.29 is 9.84 Å². The molecule has 72 valence electrons. The monoisotopic (exact) mass is 173 g/mol. The van der Waals surface area contributed by atoms with E-state index in [1.165, 1.54) is 0 Å². The molecule has 1 aliphatic rings. The normalized spacial score (nSPS) is 27.5. The van der Waals surface area contributed by atoms with Gasteiger partial charge in [-0.05, 0) is 27.2 Å². The Labute approximate surface area is 74.1 Å². The van der Waals surface area contributed by atoms with Crippen LogP contribution in [0.4, 0.5) is 0 Å². The highest BCUT2D eigenvalue weighted by molar-refractivity contribution is 4.84. The van der Waals surface area contributed by atoms with Crippen molar-refractivity contribution in [1.29, 1.82) is 0 Å². The van der Waals surface area contributed by atoms with Gasteiger partial charge in [0.25, 0.3) is 0 Å². The van der Waals surface area contributed by atoms with Gasteiger partial charge in [-0.25, -0.2) is 0 Å². The first-order valence-corrected chi connectivity index (χ1v) is 4.56. The van der Waals surface area contributed by atoms with Crippen molar-refractivity contribution in [3.8, 4) is 0 Å². The third-order valence-electron chi connectivity index (χ3n) is 2.48. The third kappa shape index (κ3) is 2.73. The predicted octanol–water partition coefficient (Wildman–Crippen LogP) is 0.524. The van der Waals surface area contributed by atoms with E-state index in [2.05, 4.69) is 5.32 Å². The van der Waals surface area contributed by atoms with Gasteiger partial charge in [0.1, 0.15) is 0 Å². The summed E-state index contributed by atoms with van der Waals surface area (Å²) in [5.41, 5.74) is -0.650. The smallest absolute Gasteiger partial charge is 0.0741 e. The van der Waals surface area contributed by atoms with Gasteiger partial charge >= 0.3 is 0 Å². The Morgan fingerprint density at radius 3 is 2.67 bits per heavy atom. The van der Waals surface area contributed by atoms with Gasteiger partial charge in [0.05, 0.1) is 12.2 Å². The summed E-state index contributed by atoms with van der Waals surface area (Å²) in [6.07, 6.45) is 1.06. The SMILES string of the molecule is CC(NC1CCOC1)C(C)(C)O. The lowest BCUT2D eigenvalue weighted by molar-refractivity contribution is 0.0390. The molecule has 12 heavy (non-hydrogen) atoms. The first-order valence-electron chi connectivity index (χ1n) is 4.56. The molecule has 0 bridgehead atoms. The van der Waals surface area contributed by atoms with Crippen LogP contribution in [0, 0.1) is 0 Å². The molecule has 2 unspecified atom stereocenters. The lowest BCUT2D eigenvalue weighted by atomic mass is 10.00. The van der Waals surface area contributed by atoms with Crippen molar-refractivity contribution in [2.24, 2.45) is 0 Å². The Morgan fingerprint density at radius 1 is 1.58 bits per heavy atom. The fourth-order valence-electron chi connectivity index (χ4n) is 1.22. The average molecular weight is 173 g/mol. The summed E-state index contributed by atoms with van der Waals surface area (Å²) in [6, 6.07) is 0.538. The molecule has 1 heterocycles. The van der Waals surface area contributed by atoms with Crippen LogP contribution < -0.4 is 5.32 Å². The standard InChI is InChI=1S/C9H19NO2/c1-7(9(2,3)11)10-8-4-5-12-6-8/h7-8,10-11H,4-6H2,1-3H3. The molecule has 1 saturated heterocycles. The highest BCUT2D eigenvalue weighted by atomic mass is 16.5. The molecule has 1 aliphatic heterocycles. The van der Waals surface area contributed by atoms with Crippen LogP contribution in [0.3, 0.4) is 0 Å². The topological polar surface area (TPSA) is 41.5 Å². The van der Waals surface area contributed by atoms with Crippen molar-refractivity contribution >= 4 is 0 Å². The summed E-state index contributed by atoms with van der Waals surface area (Å²) < 4.78 is 5.23. The Balaban J connectivity index is 2.30. The first kappa shape index (κ1) is 9.96. The predicted molar refractivity (Wildman–Crippen MR) is 48.1 cm³/mol. The zero-order chi connectivity index (χ0) is 9.19. The summed E-state index contributed by atoms with van der Waals surface area (Å²) >= 11 is 0. The van der Waals surface area contributed by atoms with Gasteiger partial charge in [0.15, 0.2) is 0 Å². The Morgan fingerprint density at radius 2 is 2.25 bits per heavy atom. The van der Waals surface area contributed by atoms with E-state index in [0.717, 1.165) is 19.6 Å². The van der Waals surface area contributed by atoms with Gasteiger partial charge < -0.3 is 15.2 Å². The average Bonchev–Trinajstić information content (AvgIpc) is 2.37. The highest BCUT2D eigenvalue weighted by Crippen LogP contribution is 2.11. The summed E-state index contributed by atoms with van der Waals surface area (Å²) in [6.45, 7) is 7.26. The van der Waals surface area contributed by atoms with Crippen LogP contribution in [0.1, 0.15) is 27.2 Å². The molecule has 0 spiro atoms. The molecule has 2 atom stereocenters. The fraction of sp³-hybridized carbons (Fsp3) is 1.00. The van der Waals surface area contributed by atoms with Crippen LogP contribution in [0.25, 0.3) is 0 Å². The molecule has 0 aliphatic carbocycles. The minimum absolute atomic E-state index is 0.115. The molecule has 0 amide bonds. The van der Waals surface area contributed by atoms with Crippen molar-refractivity contribution in [3.05, 3.63) is 0 Å². The van der Waals surface area contributed by atoms with Gasteiger partial charge in [-0.1, -0.05) is 0 Å². The van der Waals surface area contributed by atoms with Crippen molar-refractivity contribution in [1.82, 2.24) is 5.32 Å². The van der Waals surface area contributed by atoms with Crippen molar-refractivity contribution in [2.75, 3.05) is 13.2 Å². The molecule has 1 rings (SSSR count). The fourth-order valence-corrected chi connectivity index (χ4v) is 1.22. The van der Waals surface area contributed by atoms with Gasteiger partial charge in [0.2, 0.25) is 0 Å². The second-order valence-electron chi connectivity index (χ2n) is 4.10. The van der Waals surface area contributed by atoms with E-state index in [-0.39, 0.29) is 6.04 Å². The third-order valence-corrected chi connectivity index (χ3v) is 2.48. The molecule has 0 aromatic heterocycles. The van der Waals surface area contributed by atoms with E-state index in [4.69, 9.17) is 4.74 Å². The van der Waals surface area contributed by atoms with Crippen LogP contribution in [-0.2, 0) is 4.74 Å². The maximum absolute atomic E-state index is 9.64.